The maximum atomic E-state index is 13.0. The zero-order chi connectivity index (χ0) is 20.9. The average molecular weight is 406 g/mol. The lowest BCUT2D eigenvalue weighted by Gasteiger charge is -2.34. The molecule has 0 N–H and O–H groups in total. The molecule has 0 bridgehead atoms. The van der Waals surface area contributed by atoms with Gasteiger partial charge in [0.05, 0.1) is 11.1 Å². The summed E-state index contributed by atoms with van der Waals surface area (Å²) in [7, 11) is 0. The van der Waals surface area contributed by atoms with Gasteiger partial charge in [-0.15, -0.1) is 0 Å². The van der Waals surface area contributed by atoms with Crippen LogP contribution in [-0.2, 0) is 17.8 Å². The predicted octanol–water partition coefficient (Wildman–Crippen LogP) is 1.94. The molecule has 1 aliphatic heterocycles. The summed E-state index contributed by atoms with van der Waals surface area (Å²) in [5.41, 5.74) is 1.57. The summed E-state index contributed by atoms with van der Waals surface area (Å²) in [5.74, 6) is -0.0524. The minimum absolute atomic E-state index is 0.0303. The van der Waals surface area contributed by atoms with Crippen LogP contribution in [0, 0.1) is 0 Å². The highest BCUT2D eigenvalue weighted by atomic mass is 16.2. The standard InChI is InChI=1S/C23H27N5O2/c1-2-10-26-11-13-27(14-12-26)22(29)17-28-23(30)20-8-4-3-7-19(20)21(25-28)15-18-6-5-9-24-16-18/h3-9,16H,2,10-15,17H2,1H3. The Bertz CT molecular complexity index is 1070. The van der Waals surface area contributed by atoms with Crippen molar-refractivity contribution in [3.63, 3.8) is 0 Å². The molecule has 3 heterocycles. The molecule has 1 fully saturated rings. The summed E-state index contributed by atoms with van der Waals surface area (Å²) in [6, 6.07) is 11.3. The Hall–Kier alpha value is -3.06. The molecule has 0 atom stereocenters. The van der Waals surface area contributed by atoms with Crippen LogP contribution >= 0.6 is 0 Å². The number of hydrogen-bond donors (Lipinski definition) is 0. The number of rotatable bonds is 6. The van der Waals surface area contributed by atoms with E-state index in [0.29, 0.717) is 24.9 Å². The summed E-state index contributed by atoms with van der Waals surface area (Å²) in [6.07, 6.45) is 5.20. The third-order valence-corrected chi connectivity index (χ3v) is 5.59. The third-order valence-electron chi connectivity index (χ3n) is 5.59. The van der Waals surface area contributed by atoms with Gasteiger partial charge in [0.15, 0.2) is 0 Å². The van der Waals surface area contributed by atoms with Crippen molar-refractivity contribution in [2.24, 2.45) is 0 Å². The molecular weight excluding hydrogens is 378 g/mol. The molecule has 7 heteroatoms. The summed E-state index contributed by atoms with van der Waals surface area (Å²) in [6.45, 7) is 6.35. The second-order valence-corrected chi connectivity index (χ2v) is 7.72. The van der Waals surface area contributed by atoms with E-state index in [1.165, 1.54) is 4.68 Å². The summed E-state index contributed by atoms with van der Waals surface area (Å²) in [4.78, 5) is 34.3. The zero-order valence-electron chi connectivity index (χ0n) is 17.3. The number of aromatic nitrogens is 3. The first-order valence-corrected chi connectivity index (χ1v) is 10.5. The first-order valence-electron chi connectivity index (χ1n) is 10.5. The normalized spacial score (nSPS) is 14.9. The van der Waals surface area contributed by atoms with Gasteiger partial charge in [0.2, 0.25) is 5.91 Å². The molecular formula is C23H27N5O2. The van der Waals surface area contributed by atoms with Gasteiger partial charge in [0.25, 0.3) is 5.56 Å². The maximum Gasteiger partial charge on any atom is 0.275 e. The van der Waals surface area contributed by atoms with E-state index in [1.807, 2.05) is 35.2 Å². The Kier molecular flexibility index (Phi) is 6.18. The highest BCUT2D eigenvalue weighted by Gasteiger charge is 2.22. The first-order chi connectivity index (χ1) is 14.7. The lowest BCUT2D eigenvalue weighted by molar-refractivity contribution is -0.133. The molecule has 1 saturated heterocycles. The molecule has 4 rings (SSSR count). The molecule has 1 aromatic carbocycles. The van der Waals surface area contributed by atoms with Gasteiger partial charge in [-0.25, -0.2) is 4.68 Å². The van der Waals surface area contributed by atoms with Crippen LogP contribution in [0.1, 0.15) is 24.6 Å². The Morgan fingerprint density at radius 2 is 1.80 bits per heavy atom. The number of carbonyl (C=O) groups is 1. The van der Waals surface area contributed by atoms with Crippen molar-refractivity contribution in [2.75, 3.05) is 32.7 Å². The zero-order valence-corrected chi connectivity index (χ0v) is 17.3. The van der Waals surface area contributed by atoms with Crippen LogP contribution in [0.4, 0.5) is 0 Å². The second kappa shape index (κ2) is 9.17. The lowest BCUT2D eigenvalue weighted by Crippen LogP contribution is -2.50. The quantitative estimate of drug-likeness (QED) is 0.627. The summed E-state index contributed by atoms with van der Waals surface area (Å²) >= 11 is 0. The number of hydrogen-bond acceptors (Lipinski definition) is 5. The molecule has 0 aliphatic carbocycles. The summed E-state index contributed by atoms with van der Waals surface area (Å²) < 4.78 is 1.33. The molecule has 0 radical (unpaired) electrons. The van der Waals surface area contributed by atoms with Crippen molar-refractivity contribution in [1.29, 1.82) is 0 Å². The molecule has 3 aromatic rings. The van der Waals surface area contributed by atoms with E-state index in [-0.39, 0.29) is 18.0 Å². The van der Waals surface area contributed by atoms with Gasteiger partial charge in [-0.3, -0.25) is 19.5 Å². The number of piperazine rings is 1. The van der Waals surface area contributed by atoms with Crippen molar-refractivity contribution in [2.45, 2.75) is 26.3 Å². The monoisotopic (exact) mass is 405 g/mol. The molecule has 156 valence electrons. The molecule has 1 aliphatic rings. The van der Waals surface area contributed by atoms with Crippen LogP contribution in [-0.4, -0.2) is 63.2 Å². The highest BCUT2D eigenvalue weighted by molar-refractivity contribution is 5.84. The largest absolute Gasteiger partial charge is 0.339 e. The van der Waals surface area contributed by atoms with Gasteiger partial charge in [-0.05, 0) is 30.7 Å². The predicted molar refractivity (Wildman–Crippen MR) is 116 cm³/mol. The van der Waals surface area contributed by atoms with Gasteiger partial charge in [0, 0.05) is 50.4 Å². The van der Waals surface area contributed by atoms with Crippen LogP contribution in [0.3, 0.4) is 0 Å². The van der Waals surface area contributed by atoms with E-state index in [2.05, 4.69) is 21.9 Å². The van der Waals surface area contributed by atoms with E-state index >= 15 is 0 Å². The van der Waals surface area contributed by atoms with E-state index in [9.17, 15) is 9.59 Å². The number of carbonyl (C=O) groups excluding carboxylic acids is 1. The van der Waals surface area contributed by atoms with Gasteiger partial charge < -0.3 is 4.90 Å². The van der Waals surface area contributed by atoms with Crippen molar-refractivity contribution < 1.29 is 4.79 Å². The lowest BCUT2D eigenvalue weighted by atomic mass is 10.1. The minimum atomic E-state index is -0.224. The SMILES string of the molecule is CCCN1CCN(C(=O)Cn2nc(Cc3cccnc3)c3ccccc3c2=O)CC1. The van der Waals surface area contributed by atoms with Crippen LogP contribution in [0.2, 0.25) is 0 Å². The van der Waals surface area contributed by atoms with Crippen LogP contribution in [0.25, 0.3) is 10.8 Å². The Morgan fingerprint density at radius 3 is 2.50 bits per heavy atom. The minimum Gasteiger partial charge on any atom is -0.339 e. The number of amides is 1. The topological polar surface area (TPSA) is 71.3 Å². The van der Waals surface area contributed by atoms with E-state index in [1.54, 1.807) is 18.5 Å². The first kappa shape index (κ1) is 20.2. The fourth-order valence-electron chi connectivity index (χ4n) is 4.00. The molecule has 2 aromatic heterocycles. The molecule has 1 amide bonds. The van der Waals surface area contributed by atoms with Gasteiger partial charge in [-0.1, -0.05) is 31.2 Å². The highest BCUT2D eigenvalue weighted by Crippen LogP contribution is 2.16. The fraction of sp³-hybridized carbons (Fsp3) is 0.391. The van der Waals surface area contributed by atoms with Gasteiger partial charge in [-0.2, -0.15) is 5.10 Å². The smallest absolute Gasteiger partial charge is 0.275 e. The molecule has 30 heavy (non-hydrogen) atoms. The van der Waals surface area contributed by atoms with Gasteiger partial charge >= 0.3 is 0 Å². The van der Waals surface area contributed by atoms with Crippen LogP contribution < -0.4 is 5.56 Å². The third kappa shape index (κ3) is 4.41. The van der Waals surface area contributed by atoms with Crippen molar-refractivity contribution in [1.82, 2.24) is 24.6 Å². The number of pyridine rings is 1. The molecule has 0 saturated carbocycles. The molecule has 0 unspecified atom stereocenters. The maximum absolute atomic E-state index is 13.0. The van der Waals surface area contributed by atoms with E-state index < -0.39 is 0 Å². The van der Waals surface area contributed by atoms with Gasteiger partial charge in [0.1, 0.15) is 6.54 Å². The van der Waals surface area contributed by atoms with Crippen molar-refractivity contribution in [3.05, 3.63) is 70.4 Å². The fourth-order valence-corrected chi connectivity index (χ4v) is 4.00. The Morgan fingerprint density at radius 1 is 1.03 bits per heavy atom. The number of fused-ring (bicyclic) bond motifs is 1. The van der Waals surface area contributed by atoms with E-state index in [0.717, 1.165) is 42.7 Å². The second-order valence-electron chi connectivity index (χ2n) is 7.72. The Balaban J connectivity index is 1.59. The molecule has 7 nitrogen and oxygen atoms in total. The van der Waals surface area contributed by atoms with E-state index in [4.69, 9.17) is 0 Å². The molecule has 0 spiro atoms. The van der Waals surface area contributed by atoms with Crippen LogP contribution in [0.15, 0.2) is 53.6 Å². The summed E-state index contributed by atoms with van der Waals surface area (Å²) in [5, 5.41) is 6.01. The Labute approximate surface area is 175 Å². The average Bonchev–Trinajstić information content (AvgIpc) is 2.78. The van der Waals surface area contributed by atoms with Crippen LogP contribution in [0.5, 0.6) is 0 Å². The van der Waals surface area contributed by atoms with Crippen molar-refractivity contribution in [3.8, 4) is 0 Å². The number of benzene rings is 1. The van der Waals surface area contributed by atoms with Crippen molar-refractivity contribution >= 4 is 16.7 Å². The number of nitrogens with zero attached hydrogens (tertiary/aromatic N) is 5.